The van der Waals surface area contributed by atoms with Crippen LogP contribution >= 0.6 is 17.5 Å². The van der Waals surface area contributed by atoms with E-state index in [0.29, 0.717) is 5.92 Å². The second kappa shape index (κ2) is 6.09. The van der Waals surface area contributed by atoms with Crippen LogP contribution in [0.2, 0.25) is 0 Å². The predicted octanol–water partition coefficient (Wildman–Crippen LogP) is 3.69. The smallest absolute Gasteiger partial charge is 0.118 e. The van der Waals surface area contributed by atoms with Crippen LogP contribution in [0.25, 0.3) is 0 Å². The minimum Gasteiger partial charge on any atom is -0.497 e. The van der Waals surface area contributed by atoms with Gasteiger partial charge in [-0.2, -0.15) is 0 Å². The van der Waals surface area contributed by atoms with Gasteiger partial charge in [0, 0.05) is 5.24 Å². The molecule has 0 aromatic heterocycles. The standard InChI is InChI=1S/C12H19OPS2/c1-10(2)8-9-14(15,16)12-6-4-11(13-3)5-7-12/h4-7,10H,8-9H2,1-3H3,(H,15,16). The molecule has 0 saturated carbocycles. The summed E-state index contributed by atoms with van der Waals surface area (Å²) in [6.45, 7) is 4.44. The van der Waals surface area contributed by atoms with E-state index in [1.807, 2.05) is 24.3 Å². The molecule has 0 heterocycles. The van der Waals surface area contributed by atoms with E-state index in [4.69, 9.17) is 28.8 Å². The van der Waals surface area contributed by atoms with Crippen LogP contribution in [0.1, 0.15) is 20.3 Å². The zero-order valence-electron chi connectivity index (χ0n) is 10.0. The number of ether oxygens (including phenoxy) is 1. The van der Waals surface area contributed by atoms with Crippen LogP contribution in [0.15, 0.2) is 24.3 Å². The van der Waals surface area contributed by atoms with Gasteiger partial charge in [-0.1, -0.05) is 25.7 Å². The molecule has 1 aromatic carbocycles. The highest BCUT2D eigenvalue weighted by atomic mass is 32.9. The van der Waals surface area contributed by atoms with E-state index in [1.165, 1.54) is 5.30 Å². The maximum atomic E-state index is 5.64. The number of benzene rings is 1. The molecule has 0 fully saturated rings. The number of hydrogen-bond acceptors (Lipinski definition) is 2. The van der Waals surface area contributed by atoms with Crippen molar-refractivity contribution in [2.45, 2.75) is 20.3 Å². The fourth-order valence-corrected chi connectivity index (χ4v) is 4.54. The Kier molecular flexibility index (Phi) is 5.36. The lowest BCUT2D eigenvalue weighted by Crippen LogP contribution is -2.05. The summed E-state index contributed by atoms with van der Waals surface area (Å²) in [4.78, 5) is 0. The topological polar surface area (TPSA) is 9.23 Å². The lowest BCUT2D eigenvalue weighted by Gasteiger charge is -2.17. The quantitative estimate of drug-likeness (QED) is 0.648. The molecule has 0 bridgehead atoms. The van der Waals surface area contributed by atoms with E-state index in [1.54, 1.807) is 7.11 Å². The molecule has 90 valence electrons. The monoisotopic (exact) mass is 274 g/mol. The fourth-order valence-electron chi connectivity index (χ4n) is 1.38. The summed E-state index contributed by atoms with van der Waals surface area (Å²) in [5.74, 6) is 1.56. The summed E-state index contributed by atoms with van der Waals surface area (Å²) in [7, 11) is 1.67. The van der Waals surface area contributed by atoms with Crippen LogP contribution in [0.5, 0.6) is 5.75 Å². The molecule has 1 unspecified atom stereocenters. The van der Waals surface area contributed by atoms with Crippen molar-refractivity contribution in [2.75, 3.05) is 13.3 Å². The predicted molar refractivity (Wildman–Crippen MR) is 80.2 cm³/mol. The van der Waals surface area contributed by atoms with Gasteiger partial charge in [0.1, 0.15) is 5.75 Å². The zero-order valence-corrected chi connectivity index (χ0v) is 12.6. The molecule has 1 atom stereocenters. The Morgan fingerprint density at radius 3 is 2.31 bits per heavy atom. The summed E-state index contributed by atoms with van der Waals surface area (Å²) in [5.41, 5.74) is 0. The van der Waals surface area contributed by atoms with Gasteiger partial charge in [0.2, 0.25) is 0 Å². The molecule has 0 aliphatic carbocycles. The molecule has 0 radical (unpaired) electrons. The molecular formula is C12H19OPS2. The Morgan fingerprint density at radius 1 is 1.31 bits per heavy atom. The second-order valence-electron chi connectivity index (χ2n) is 4.31. The average Bonchev–Trinajstić information content (AvgIpc) is 2.27. The molecule has 0 aliphatic rings. The average molecular weight is 274 g/mol. The van der Waals surface area contributed by atoms with Crippen LogP contribution in [-0.4, -0.2) is 13.3 Å². The fraction of sp³-hybridized carbons (Fsp3) is 0.500. The number of methoxy groups -OCH3 is 1. The maximum absolute atomic E-state index is 5.64. The van der Waals surface area contributed by atoms with Gasteiger partial charge in [-0.3, -0.25) is 0 Å². The third-order valence-corrected chi connectivity index (χ3v) is 6.93. The Hall–Kier alpha value is 0.0200. The van der Waals surface area contributed by atoms with Crippen molar-refractivity contribution in [1.82, 2.24) is 0 Å². The van der Waals surface area contributed by atoms with Crippen molar-refractivity contribution in [1.29, 1.82) is 0 Å². The van der Waals surface area contributed by atoms with Crippen LogP contribution < -0.4 is 10.0 Å². The molecule has 0 amide bonds. The lowest BCUT2D eigenvalue weighted by molar-refractivity contribution is 0.415. The van der Waals surface area contributed by atoms with Crippen LogP contribution in [-0.2, 0) is 11.8 Å². The van der Waals surface area contributed by atoms with Gasteiger partial charge in [-0.15, -0.1) is 12.2 Å². The first kappa shape index (κ1) is 14.1. The molecule has 16 heavy (non-hydrogen) atoms. The molecule has 1 rings (SSSR count). The van der Waals surface area contributed by atoms with Gasteiger partial charge >= 0.3 is 0 Å². The molecule has 1 nitrogen and oxygen atoms in total. The highest BCUT2D eigenvalue weighted by Crippen LogP contribution is 2.50. The third-order valence-electron chi connectivity index (χ3n) is 2.49. The van der Waals surface area contributed by atoms with Crippen molar-refractivity contribution in [2.24, 2.45) is 5.92 Å². The minimum atomic E-state index is -1.66. The highest BCUT2D eigenvalue weighted by molar-refractivity contribution is 8.65. The minimum absolute atomic E-state index is 0.688. The van der Waals surface area contributed by atoms with Gasteiger partial charge in [0.05, 0.1) is 7.11 Å². The molecule has 0 spiro atoms. The van der Waals surface area contributed by atoms with E-state index < -0.39 is 5.24 Å². The van der Waals surface area contributed by atoms with Gasteiger partial charge in [-0.05, 0) is 48.1 Å². The largest absolute Gasteiger partial charge is 0.497 e. The van der Waals surface area contributed by atoms with Crippen molar-refractivity contribution in [3.05, 3.63) is 24.3 Å². The van der Waals surface area contributed by atoms with E-state index in [9.17, 15) is 0 Å². The summed E-state index contributed by atoms with van der Waals surface area (Å²) in [5, 5.41) is -0.470. The molecule has 0 aliphatic heterocycles. The second-order valence-corrected chi connectivity index (χ2v) is 11.4. The summed E-state index contributed by atoms with van der Waals surface area (Å²) in [6.07, 6.45) is 2.17. The summed E-state index contributed by atoms with van der Waals surface area (Å²) < 4.78 is 5.13. The van der Waals surface area contributed by atoms with Gasteiger partial charge < -0.3 is 4.74 Å². The van der Waals surface area contributed by atoms with E-state index in [0.717, 1.165) is 18.3 Å². The Balaban J connectivity index is 2.77. The molecule has 0 saturated heterocycles. The zero-order chi connectivity index (χ0) is 12.2. The first-order valence-corrected chi connectivity index (χ1v) is 9.56. The van der Waals surface area contributed by atoms with Crippen molar-refractivity contribution in [3.8, 4) is 5.75 Å². The van der Waals surface area contributed by atoms with E-state index in [-0.39, 0.29) is 0 Å². The van der Waals surface area contributed by atoms with E-state index in [2.05, 4.69) is 13.8 Å². The summed E-state index contributed by atoms with van der Waals surface area (Å²) >= 11 is 10.3. The normalized spacial score (nSPS) is 14.8. The first-order valence-electron chi connectivity index (χ1n) is 5.42. The van der Waals surface area contributed by atoms with Gasteiger partial charge in [-0.25, -0.2) is 0 Å². The third kappa shape index (κ3) is 4.12. The van der Waals surface area contributed by atoms with Crippen molar-refractivity contribution in [3.63, 3.8) is 0 Å². The summed E-state index contributed by atoms with van der Waals surface area (Å²) in [6, 6.07) is 8.02. The van der Waals surface area contributed by atoms with Crippen molar-refractivity contribution >= 4 is 34.6 Å². The first-order chi connectivity index (χ1) is 7.45. The Labute approximate surface area is 109 Å². The molecular weight excluding hydrogens is 255 g/mol. The highest BCUT2D eigenvalue weighted by Gasteiger charge is 2.15. The van der Waals surface area contributed by atoms with Crippen LogP contribution in [0, 0.1) is 5.92 Å². The molecule has 1 aromatic rings. The maximum Gasteiger partial charge on any atom is 0.118 e. The van der Waals surface area contributed by atoms with Gasteiger partial charge in [0.25, 0.3) is 0 Å². The molecule has 4 heteroatoms. The van der Waals surface area contributed by atoms with E-state index >= 15 is 0 Å². The lowest BCUT2D eigenvalue weighted by atomic mass is 10.2. The number of thiol groups is 1. The number of rotatable bonds is 5. The Morgan fingerprint density at radius 2 is 1.88 bits per heavy atom. The van der Waals surface area contributed by atoms with Gasteiger partial charge in [0.15, 0.2) is 0 Å². The Bertz CT molecular complexity index is 373. The van der Waals surface area contributed by atoms with Crippen LogP contribution in [0.3, 0.4) is 0 Å². The van der Waals surface area contributed by atoms with Crippen LogP contribution in [0.4, 0.5) is 0 Å². The number of hydrogen-bond donors (Lipinski definition) is 1. The SMILES string of the molecule is COc1ccc(P(=S)(S)CCC(C)C)cc1. The molecule has 0 N–H and O–H groups in total. The van der Waals surface area contributed by atoms with Crippen molar-refractivity contribution < 1.29 is 4.74 Å².